The Morgan fingerprint density at radius 2 is 1.82 bits per heavy atom. The second-order valence-electron chi connectivity index (χ2n) is 7.67. The third kappa shape index (κ3) is 6.71. The van der Waals surface area contributed by atoms with Crippen molar-refractivity contribution in [2.45, 2.75) is 26.2 Å². The quantitative estimate of drug-likeness (QED) is 0.526. The van der Waals surface area contributed by atoms with Crippen molar-refractivity contribution in [3.8, 4) is 5.75 Å². The third-order valence-electron chi connectivity index (χ3n) is 4.90. The Labute approximate surface area is 188 Å². The minimum atomic E-state index is -1.70. The molecule has 0 aliphatic heterocycles. The molecule has 2 aromatic carbocycles. The number of ether oxygens (including phenoxy) is 1. The first-order chi connectivity index (χ1) is 15.8. The zero-order valence-electron chi connectivity index (χ0n) is 18.0. The maximum absolute atomic E-state index is 13.8. The Bertz CT molecular complexity index is 1040. The average molecular weight is 463 g/mol. The molecule has 176 valence electrons. The van der Waals surface area contributed by atoms with Gasteiger partial charge in [-0.2, -0.15) is 0 Å². The van der Waals surface area contributed by atoms with E-state index >= 15 is 0 Å². The van der Waals surface area contributed by atoms with Gasteiger partial charge in [-0.3, -0.25) is 14.4 Å². The van der Waals surface area contributed by atoms with Crippen LogP contribution in [0.1, 0.15) is 26.2 Å². The Hall–Kier alpha value is -3.56. The van der Waals surface area contributed by atoms with Gasteiger partial charge in [-0.15, -0.1) is 0 Å². The van der Waals surface area contributed by atoms with Crippen molar-refractivity contribution in [2.75, 3.05) is 30.3 Å². The van der Waals surface area contributed by atoms with Crippen molar-refractivity contribution in [2.24, 2.45) is 5.92 Å². The molecule has 0 radical (unpaired) electrons. The van der Waals surface area contributed by atoms with E-state index in [0.717, 1.165) is 18.9 Å². The molecule has 0 unspecified atom stereocenters. The van der Waals surface area contributed by atoms with E-state index in [0.29, 0.717) is 23.9 Å². The van der Waals surface area contributed by atoms with Crippen molar-refractivity contribution in [3.05, 3.63) is 53.8 Å². The molecule has 0 spiro atoms. The lowest BCUT2D eigenvalue weighted by molar-refractivity contribution is -0.136. The first-order valence-electron chi connectivity index (χ1n) is 10.5. The monoisotopic (exact) mass is 463 g/mol. The van der Waals surface area contributed by atoms with Crippen LogP contribution in [-0.4, -0.2) is 42.3 Å². The summed E-state index contributed by atoms with van der Waals surface area (Å²) in [7, 11) is 0. The minimum Gasteiger partial charge on any atom is -0.484 e. The molecule has 0 bridgehead atoms. The smallest absolute Gasteiger partial charge is 0.260 e. The van der Waals surface area contributed by atoms with Crippen LogP contribution >= 0.6 is 0 Å². The molecule has 3 amide bonds. The highest BCUT2D eigenvalue weighted by atomic mass is 19.2. The molecule has 2 aromatic rings. The molecule has 1 saturated carbocycles. The maximum Gasteiger partial charge on any atom is 0.260 e. The van der Waals surface area contributed by atoms with E-state index in [-0.39, 0.29) is 25.0 Å². The van der Waals surface area contributed by atoms with E-state index in [2.05, 4.69) is 10.6 Å². The zero-order chi connectivity index (χ0) is 24.0. The van der Waals surface area contributed by atoms with Crippen LogP contribution < -0.4 is 15.4 Å². The fraction of sp³-hybridized carbons (Fsp3) is 0.348. The van der Waals surface area contributed by atoms with Crippen LogP contribution in [0.3, 0.4) is 0 Å². The van der Waals surface area contributed by atoms with Crippen LogP contribution in [-0.2, 0) is 14.4 Å². The molecule has 2 N–H and O–H groups in total. The summed E-state index contributed by atoms with van der Waals surface area (Å²) < 4.78 is 45.7. The van der Waals surface area contributed by atoms with Crippen molar-refractivity contribution in [1.82, 2.24) is 4.90 Å². The van der Waals surface area contributed by atoms with Crippen LogP contribution in [0.5, 0.6) is 5.75 Å². The van der Waals surface area contributed by atoms with Crippen molar-refractivity contribution in [3.63, 3.8) is 0 Å². The largest absolute Gasteiger partial charge is 0.484 e. The van der Waals surface area contributed by atoms with Gasteiger partial charge in [-0.1, -0.05) is 13.0 Å². The molecule has 0 saturated heterocycles. The zero-order valence-corrected chi connectivity index (χ0v) is 18.0. The highest BCUT2D eigenvalue weighted by Crippen LogP contribution is 2.30. The summed E-state index contributed by atoms with van der Waals surface area (Å²) in [6, 6.07) is 8.20. The summed E-state index contributed by atoms with van der Waals surface area (Å²) >= 11 is 0. The van der Waals surface area contributed by atoms with Crippen LogP contribution in [0, 0.1) is 23.4 Å². The van der Waals surface area contributed by atoms with Crippen LogP contribution in [0.4, 0.5) is 24.5 Å². The molecule has 3 rings (SSSR count). The van der Waals surface area contributed by atoms with Gasteiger partial charge in [-0.25, -0.2) is 13.2 Å². The molecule has 1 aliphatic carbocycles. The van der Waals surface area contributed by atoms with Crippen molar-refractivity contribution >= 4 is 29.1 Å². The van der Waals surface area contributed by atoms with Crippen LogP contribution in [0.15, 0.2) is 36.4 Å². The second kappa shape index (κ2) is 10.8. The number of carbonyl (C=O) groups is 3. The molecule has 33 heavy (non-hydrogen) atoms. The maximum atomic E-state index is 13.8. The fourth-order valence-electron chi connectivity index (χ4n) is 3.04. The van der Waals surface area contributed by atoms with E-state index in [4.69, 9.17) is 4.74 Å². The predicted molar refractivity (Wildman–Crippen MR) is 115 cm³/mol. The number of carbonyl (C=O) groups excluding carboxylic acids is 3. The lowest BCUT2D eigenvalue weighted by Crippen LogP contribution is -2.41. The average Bonchev–Trinajstić information content (AvgIpc) is 3.63. The summed E-state index contributed by atoms with van der Waals surface area (Å²) in [6.45, 7) is 1.24. The Balaban J connectivity index is 1.56. The van der Waals surface area contributed by atoms with E-state index in [1.807, 2.05) is 0 Å². The second-order valence-corrected chi connectivity index (χ2v) is 7.67. The first kappa shape index (κ1) is 24.1. The molecular formula is C23H24F3N3O4. The van der Waals surface area contributed by atoms with Gasteiger partial charge in [0.2, 0.25) is 11.8 Å². The van der Waals surface area contributed by atoms with Gasteiger partial charge >= 0.3 is 0 Å². The number of hydrogen-bond acceptors (Lipinski definition) is 4. The summed E-state index contributed by atoms with van der Waals surface area (Å²) in [5.41, 5.74) is 0.0271. The number of benzene rings is 2. The van der Waals surface area contributed by atoms with Crippen molar-refractivity contribution < 1.29 is 32.3 Å². The lowest BCUT2D eigenvalue weighted by atomic mass is 10.2. The number of nitrogens with zero attached hydrogens (tertiary/aromatic N) is 1. The fourth-order valence-corrected chi connectivity index (χ4v) is 3.04. The van der Waals surface area contributed by atoms with Gasteiger partial charge < -0.3 is 20.3 Å². The molecule has 0 atom stereocenters. The lowest BCUT2D eigenvalue weighted by Gasteiger charge is -2.22. The Morgan fingerprint density at radius 1 is 1.06 bits per heavy atom. The highest BCUT2D eigenvalue weighted by molar-refractivity contribution is 5.95. The Morgan fingerprint density at radius 3 is 2.52 bits per heavy atom. The number of nitrogens with one attached hydrogen (secondary N) is 2. The van der Waals surface area contributed by atoms with Crippen molar-refractivity contribution in [1.29, 1.82) is 0 Å². The van der Waals surface area contributed by atoms with Gasteiger partial charge in [0.05, 0.1) is 12.2 Å². The van der Waals surface area contributed by atoms with E-state index in [1.54, 1.807) is 31.2 Å². The summed E-state index contributed by atoms with van der Waals surface area (Å²) in [5.74, 6) is -5.50. The predicted octanol–water partition coefficient (Wildman–Crippen LogP) is 3.71. The number of anilines is 2. The van der Waals surface area contributed by atoms with Gasteiger partial charge in [-0.05, 0) is 43.5 Å². The summed E-state index contributed by atoms with van der Waals surface area (Å²) in [6.07, 6.45) is 2.29. The normalized spacial score (nSPS) is 12.7. The Kier molecular flexibility index (Phi) is 7.92. The minimum absolute atomic E-state index is 0.0461. The van der Waals surface area contributed by atoms with Gasteiger partial charge in [0.25, 0.3) is 5.91 Å². The first-order valence-corrected chi connectivity index (χ1v) is 10.5. The van der Waals surface area contributed by atoms with E-state index < -0.39 is 41.5 Å². The molecule has 7 nitrogen and oxygen atoms in total. The molecule has 1 aliphatic rings. The number of hydrogen-bond donors (Lipinski definition) is 2. The molecule has 1 fully saturated rings. The molecular weight excluding hydrogens is 439 g/mol. The molecule has 0 aromatic heterocycles. The standard InChI is InChI=1S/C23H24F3N3O4/c1-2-10-29(12-19(30)28-18-9-8-17(24)21(25)22(18)26)20(31)13-33-16-5-3-4-15(11-16)27-23(32)14-6-7-14/h3-5,8-9,11,14H,2,6-7,10,12-13H2,1H3,(H,27,32)(H,28,30). The van der Waals surface area contributed by atoms with Crippen LogP contribution in [0.2, 0.25) is 0 Å². The summed E-state index contributed by atoms with van der Waals surface area (Å²) in [5, 5.41) is 4.93. The van der Waals surface area contributed by atoms with Gasteiger partial charge in [0.1, 0.15) is 5.75 Å². The van der Waals surface area contributed by atoms with Crippen LogP contribution in [0.25, 0.3) is 0 Å². The highest BCUT2D eigenvalue weighted by Gasteiger charge is 2.29. The third-order valence-corrected chi connectivity index (χ3v) is 4.90. The van der Waals surface area contributed by atoms with Gasteiger partial charge in [0, 0.05) is 24.2 Å². The number of amides is 3. The molecule has 10 heteroatoms. The topological polar surface area (TPSA) is 87.7 Å². The molecule has 0 heterocycles. The van der Waals surface area contributed by atoms with E-state index in [1.165, 1.54) is 4.90 Å². The summed E-state index contributed by atoms with van der Waals surface area (Å²) in [4.78, 5) is 38.0. The number of halogens is 3. The SMILES string of the molecule is CCCN(CC(=O)Nc1ccc(F)c(F)c1F)C(=O)COc1cccc(NC(=O)C2CC2)c1. The van der Waals surface area contributed by atoms with E-state index in [9.17, 15) is 27.6 Å². The number of rotatable bonds is 10. The van der Waals surface area contributed by atoms with Gasteiger partial charge in [0.15, 0.2) is 24.1 Å².